The average molecular weight is 303 g/mol. The third-order valence-corrected chi connectivity index (χ3v) is 4.12. The molecule has 1 unspecified atom stereocenters. The quantitative estimate of drug-likeness (QED) is 0.859. The predicted octanol–water partition coefficient (Wildman–Crippen LogP) is 3.39. The molecule has 1 heterocycles. The van der Waals surface area contributed by atoms with E-state index in [0.717, 1.165) is 10.4 Å². The number of carboxylic acids is 1. The SMILES string of the molecule is Cc1ccc(C(=O)NC(CCC(=O)O)c2ccccc2)s1. The van der Waals surface area contributed by atoms with Gasteiger partial charge in [-0.25, -0.2) is 0 Å². The van der Waals surface area contributed by atoms with Crippen molar-refractivity contribution >= 4 is 23.2 Å². The summed E-state index contributed by atoms with van der Waals surface area (Å²) in [6, 6.07) is 12.8. The second-order valence-corrected chi connectivity index (χ2v) is 6.07. The molecule has 0 fully saturated rings. The maximum atomic E-state index is 12.2. The Hall–Kier alpha value is -2.14. The van der Waals surface area contributed by atoms with E-state index in [0.29, 0.717) is 11.3 Å². The van der Waals surface area contributed by atoms with Gasteiger partial charge < -0.3 is 10.4 Å². The van der Waals surface area contributed by atoms with Crippen molar-refractivity contribution in [3.63, 3.8) is 0 Å². The fourth-order valence-corrected chi connectivity index (χ4v) is 2.83. The van der Waals surface area contributed by atoms with Crippen LogP contribution in [0.2, 0.25) is 0 Å². The van der Waals surface area contributed by atoms with Crippen LogP contribution in [0.4, 0.5) is 0 Å². The molecule has 0 saturated heterocycles. The maximum Gasteiger partial charge on any atom is 0.303 e. The normalized spacial score (nSPS) is 11.9. The van der Waals surface area contributed by atoms with Gasteiger partial charge in [-0.1, -0.05) is 30.3 Å². The van der Waals surface area contributed by atoms with Gasteiger partial charge in [0.2, 0.25) is 0 Å². The molecule has 110 valence electrons. The number of aliphatic carboxylic acids is 1. The van der Waals surface area contributed by atoms with E-state index in [2.05, 4.69) is 5.32 Å². The highest BCUT2D eigenvalue weighted by atomic mass is 32.1. The number of amides is 1. The van der Waals surface area contributed by atoms with E-state index < -0.39 is 5.97 Å². The molecule has 1 amide bonds. The lowest BCUT2D eigenvalue weighted by Gasteiger charge is -2.18. The van der Waals surface area contributed by atoms with Crippen molar-refractivity contribution in [2.75, 3.05) is 0 Å². The van der Waals surface area contributed by atoms with E-state index in [9.17, 15) is 9.59 Å². The molecule has 21 heavy (non-hydrogen) atoms. The van der Waals surface area contributed by atoms with Crippen LogP contribution in [-0.4, -0.2) is 17.0 Å². The molecule has 0 aliphatic heterocycles. The molecule has 0 aliphatic carbocycles. The molecule has 0 radical (unpaired) electrons. The predicted molar refractivity (Wildman–Crippen MR) is 82.6 cm³/mol. The molecular weight excluding hydrogens is 286 g/mol. The summed E-state index contributed by atoms with van der Waals surface area (Å²) in [5.41, 5.74) is 0.917. The second-order valence-electron chi connectivity index (χ2n) is 4.78. The number of nitrogens with one attached hydrogen (secondary N) is 1. The van der Waals surface area contributed by atoms with Gasteiger partial charge in [-0.05, 0) is 31.0 Å². The van der Waals surface area contributed by atoms with Crippen molar-refractivity contribution in [3.8, 4) is 0 Å². The van der Waals surface area contributed by atoms with Crippen LogP contribution in [0.1, 0.15) is 39.0 Å². The zero-order valence-electron chi connectivity index (χ0n) is 11.7. The first kappa shape index (κ1) is 15.3. The molecule has 2 rings (SSSR count). The fraction of sp³-hybridized carbons (Fsp3) is 0.250. The van der Waals surface area contributed by atoms with Gasteiger partial charge >= 0.3 is 5.97 Å². The Morgan fingerprint density at radius 2 is 1.90 bits per heavy atom. The standard InChI is InChI=1S/C16H17NO3S/c1-11-7-9-14(21-11)16(20)17-13(8-10-15(18)19)12-5-3-2-4-6-12/h2-7,9,13H,8,10H2,1H3,(H,17,20)(H,18,19). The molecule has 1 aromatic carbocycles. The van der Waals surface area contributed by atoms with E-state index in [4.69, 9.17) is 5.11 Å². The summed E-state index contributed by atoms with van der Waals surface area (Å²) in [4.78, 5) is 24.7. The van der Waals surface area contributed by atoms with Gasteiger partial charge in [0.25, 0.3) is 5.91 Å². The first-order valence-corrected chi connectivity index (χ1v) is 7.52. The van der Waals surface area contributed by atoms with Gasteiger partial charge in [0.15, 0.2) is 0 Å². The Morgan fingerprint density at radius 3 is 2.48 bits per heavy atom. The summed E-state index contributed by atoms with van der Waals surface area (Å²) in [6.45, 7) is 1.94. The van der Waals surface area contributed by atoms with E-state index in [1.54, 1.807) is 6.07 Å². The van der Waals surface area contributed by atoms with Crippen molar-refractivity contribution in [2.24, 2.45) is 0 Å². The van der Waals surface area contributed by atoms with Gasteiger partial charge in [0, 0.05) is 11.3 Å². The smallest absolute Gasteiger partial charge is 0.303 e. The Bertz CT molecular complexity index is 621. The first-order valence-electron chi connectivity index (χ1n) is 6.70. The summed E-state index contributed by atoms with van der Waals surface area (Å²) in [7, 11) is 0. The number of hydrogen-bond acceptors (Lipinski definition) is 3. The third-order valence-electron chi connectivity index (χ3n) is 3.12. The molecule has 2 aromatic rings. The summed E-state index contributed by atoms with van der Waals surface area (Å²) in [6.07, 6.45) is 0.388. The van der Waals surface area contributed by atoms with E-state index in [1.165, 1.54) is 11.3 Å². The van der Waals surface area contributed by atoms with Gasteiger partial charge in [-0.2, -0.15) is 0 Å². The third kappa shape index (κ3) is 4.43. The number of carboxylic acid groups (broad SMARTS) is 1. The molecule has 2 N–H and O–H groups in total. The van der Waals surface area contributed by atoms with Crippen LogP contribution < -0.4 is 5.32 Å². The maximum absolute atomic E-state index is 12.2. The van der Waals surface area contributed by atoms with Gasteiger partial charge in [-0.15, -0.1) is 11.3 Å². The molecule has 0 spiro atoms. The summed E-state index contributed by atoms with van der Waals surface area (Å²) >= 11 is 1.43. The summed E-state index contributed by atoms with van der Waals surface area (Å²) in [5, 5.41) is 11.8. The monoisotopic (exact) mass is 303 g/mol. The fourth-order valence-electron chi connectivity index (χ4n) is 2.06. The Kier molecular flexibility index (Phi) is 5.11. The molecule has 0 aliphatic rings. The number of rotatable bonds is 6. The number of thiophene rings is 1. The highest BCUT2D eigenvalue weighted by Gasteiger charge is 2.17. The molecule has 5 heteroatoms. The largest absolute Gasteiger partial charge is 0.481 e. The van der Waals surface area contributed by atoms with Crippen LogP contribution in [0.3, 0.4) is 0 Å². The van der Waals surface area contributed by atoms with Crippen molar-refractivity contribution < 1.29 is 14.7 Å². The number of carbonyl (C=O) groups is 2. The average Bonchev–Trinajstić information content (AvgIpc) is 2.90. The minimum atomic E-state index is -0.864. The Balaban J connectivity index is 2.12. The number of aryl methyl sites for hydroxylation is 1. The van der Waals surface area contributed by atoms with Crippen LogP contribution in [0.25, 0.3) is 0 Å². The molecule has 0 bridgehead atoms. The number of hydrogen-bond donors (Lipinski definition) is 2. The molecule has 4 nitrogen and oxygen atoms in total. The highest BCUT2D eigenvalue weighted by molar-refractivity contribution is 7.13. The molecule has 1 aromatic heterocycles. The minimum absolute atomic E-state index is 0.0172. The molecular formula is C16H17NO3S. The minimum Gasteiger partial charge on any atom is -0.481 e. The van der Waals surface area contributed by atoms with Crippen LogP contribution in [0.15, 0.2) is 42.5 Å². The van der Waals surface area contributed by atoms with E-state index >= 15 is 0 Å². The first-order chi connectivity index (χ1) is 10.1. The number of carbonyl (C=O) groups excluding carboxylic acids is 1. The van der Waals surface area contributed by atoms with Crippen molar-refractivity contribution in [1.29, 1.82) is 0 Å². The van der Waals surface area contributed by atoms with Crippen molar-refractivity contribution in [2.45, 2.75) is 25.8 Å². The number of benzene rings is 1. The van der Waals surface area contributed by atoms with Crippen LogP contribution in [0.5, 0.6) is 0 Å². The van der Waals surface area contributed by atoms with Crippen molar-refractivity contribution in [3.05, 3.63) is 57.8 Å². The Labute approximate surface area is 127 Å². The van der Waals surface area contributed by atoms with Crippen LogP contribution in [0, 0.1) is 6.92 Å². The summed E-state index contributed by atoms with van der Waals surface area (Å²) in [5.74, 6) is -1.02. The lowest BCUT2D eigenvalue weighted by atomic mass is 10.0. The summed E-state index contributed by atoms with van der Waals surface area (Å²) < 4.78 is 0. The lowest BCUT2D eigenvalue weighted by Crippen LogP contribution is -2.28. The molecule has 0 saturated carbocycles. The van der Waals surface area contributed by atoms with Gasteiger partial charge in [0.05, 0.1) is 10.9 Å². The lowest BCUT2D eigenvalue weighted by molar-refractivity contribution is -0.137. The zero-order valence-corrected chi connectivity index (χ0v) is 12.5. The van der Waals surface area contributed by atoms with Gasteiger partial charge in [-0.3, -0.25) is 9.59 Å². The highest BCUT2D eigenvalue weighted by Crippen LogP contribution is 2.21. The topological polar surface area (TPSA) is 66.4 Å². The second kappa shape index (κ2) is 7.04. The van der Waals surface area contributed by atoms with Crippen LogP contribution >= 0.6 is 11.3 Å². The zero-order chi connectivity index (χ0) is 15.2. The Morgan fingerprint density at radius 1 is 1.19 bits per heavy atom. The van der Waals surface area contributed by atoms with Crippen LogP contribution in [-0.2, 0) is 4.79 Å². The van der Waals surface area contributed by atoms with E-state index in [-0.39, 0.29) is 18.4 Å². The van der Waals surface area contributed by atoms with E-state index in [1.807, 2.05) is 43.3 Å². The van der Waals surface area contributed by atoms with Gasteiger partial charge in [0.1, 0.15) is 0 Å². The van der Waals surface area contributed by atoms with Crippen molar-refractivity contribution in [1.82, 2.24) is 5.32 Å². The molecule has 1 atom stereocenters.